The molecule has 0 aromatic carbocycles. The maximum atomic E-state index is 15.5. The van der Waals surface area contributed by atoms with Crippen LogP contribution in [0.5, 0.6) is 5.88 Å². The van der Waals surface area contributed by atoms with Crippen molar-refractivity contribution in [2.24, 2.45) is 0 Å². The Balaban J connectivity index is 2.24. The van der Waals surface area contributed by atoms with Crippen molar-refractivity contribution in [2.45, 2.75) is 58.5 Å². The summed E-state index contributed by atoms with van der Waals surface area (Å²) >= 11 is 0. The molecule has 0 saturated heterocycles. The van der Waals surface area contributed by atoms with Crippen LogP contribution in [-0.4, -0.2) is 48.2 Å². The molecule has 1 atom stereocenters. The third-order valence-corrected chi connectivity index (χ3v) is 8.85. The van der Waals surface area contributed by atoms with Crippen LogP contribution in [0.2, 0.25) is 39.3 Å². The van der Waals surface area contributed by atoms with Gasteiger partial charge in [-0.1, -0.05) is 44.5 Å². The second-order valence-electron chi connectivity index (χ2n) is 9.67. The minimum absolute atomic E-state index is 0.380. The van der Waals surface area contributed by atoms with Crippen molar-refractivity contribution >= 4 is 32.2 Å². The highest BCUT2D eigenvalue weighted by atomic mass is 28.3. The normalized spacial score (nSPS) is 14.2. The first kappa shape index (κ1) is 23.4. The number of ether oxygens (including phenoxy) is 1. The average molecular weight is 471 g/mol. The van der Waals surface area contributed by atoms with Gasteiger partial charge in [0.25, 0.3) is 5.88 Å². The second kappa shape index (κ2) is 7.70. The number of fused-ring (bicyclic) bond motifs is 1. The van der Waals surface area contributed by atoms with Gasteiger partial charge in [0, 0.05) is 17.1 Å². The summed E-state index contributed by atoms with van der Waals surface area (Å²) < 4.78 is 61.0. The van der Waals surface area contributed by atoms with Crippen LogP contribution in [0.25, 0.3) is 16.6 Å². The number of nitrogens with zero attached hydrogens (tertiary/aromatic N) is 4. The van der Waals surface area contributed by atoms with Crippen molar-refractivity contribution in [3.63, 3.8) is 0 Å². The van der Waals surface area contributed by atoms with E-state index in [2.05, 4.69) is 34.9 Å². The number of rotatable bonds is 5. The van der Waals surface area contributed by atoms with E-state index in [-0.39, 0.29) is 0 Å². The molecular formula is C20H26F4N4OSi2. The number of aromatic nitrogens is 4. The molecule has 3 aromatic rings. The molecular weight excluding hydrogens is 444 g/mol. The molecule has 0 N–H and O–H groups in total. The van der Waals surface area contributed by atoms with Crippen LogP contribution in [-0.2, 0) is 0 Å². The third-order valence-electron chi connectivity index (χ3n) is 4.97. The molecule has 0 amide bonds. The molecule has 3 heterocycles. The van der Waals surface area contributed by atoms with Crippen LogP contribution in [0.4, 0.5) is 17.6 Å². The molecule has 5 nitrogen and oxygen atoms in total. The van der Waals surface area contributed by atoms with E-state index in [9.17, 15) is 13.2 Å². The lowest BCUT2D eigenvalue weighted by Crippen LogP contribution is -2.44. The summed E-state index contributed by atoms with van der Waals surface area (Å²) in [6, 6.07) is 3.81. The summed E-state index contributed by atoms with van der Waals surface area (Å²) in [5.74, 6) is -1.45. The smallest absolute Gasteiger partial charge is 0.425 e. The van der Waals surface area contributed by atoms with Crippen LogP contribution < -0.4 is 15.2 Å². The van der Waals surface area contributed by atoms with E-state index in [1.807, 2.05) is 31.8 Å². The lowest BCUT2D eigenvalue weighted by molar-refractivity contribution is -0.190. The second-order valence-corrected chi connectivity index (χ2v) is 19.7. The van der Waals surface area contributed by atoms with E-state index in [0.29, 0.717) is 10.8 Å². The summed E-state index contributed by atoms with van der Waals surface area (Å²) in [5, 5.41) is 9.55. The SMILES string of the molecule is C[C@H](Oc1ncc(-c2cc([Si](C)(C)C)n3nncc3c2)c([Si](C)(C)C)c1F)C(F)(F)F. The molecule has 0 bridgehead atoms. The number of pyridine rings is 2. The molecule has 31 heavy (non-hydrogen) atoms. The largest absolute Gasteiger partial charge is 0.463 e. The predicted molar refractivity (Wildman–Crippen MR) is 118 cm³/mol. The van der Waals surface area contributed by atoms with Crippen LogP contribution in [0, 0.1) is 5.82 Å². The minimum Gasteiger partial charge on any atom is -0.463 e. The highest BCUT2D eigenvalue weighted by molar-refractivity contribution is 6.90. The topological polar surface area (TPSA) is 52.3 Å². The summed E-state index contributed by atoms with van der Waals surface area (Å²) in [4.78, 5) is 3.94. The van der Waals surface area contributed by atoms with Crippen molar-refractivity contribution in [2.75, 3.05) is 0 Å². The van der Waals surface area contributed by atoms with E-state index >= 15 is 4.39 Å². The Morgan fingerprint density at radius 2 is 1.65 bits per heavy atom. The first-order valence-corrected chi connectivity index (χ1v) is 16.9. The van der Waals surface area contributed by atoms with Crippen molar-refractivity contribution in [1.29, 1.82) is 0 Å². The Morgan fingerprint density at radius 3 is 2.19 bits per heavy atom. The molecule has 0 radical (unpaired) electrons. The number of halogens is 4. The number of hydrogen-bond donors (Lipinski definition) is 0. The molecule has 0 unspecified atom stereocenters. The number of hydrogen-bond acceptors (Lipinski definition) is 4. The Bertz CT molecular complexity index is 1120. The fourth-order valence-electron chi connectivity index (χ4n) is 3.37. The average Bonchev–Trinajstić information content (AvgIpc) is 3.07. The molecule has 0 aliphatic rings. The van der Waals surface area contributed by atoms with Gasteiger partial charge in [-0.25, -0.2) is 13.9 Å². The first-order valence-electron chi connectivity index (χ1n) is 9.88. The van der Waals surface area contributed by atoms with Crippen molar-refractivity contribution < 1.29 is 22.3 Å². The van der Waals surface area contributed by atoms with Crippen LogP contribution in [0.1, 0.15) is 6.92 Å². The van der Waals surface area contributed by atoms with E-state index < -0.39 is 40.1 Å². The van der Waals surface area contributed by atoms with E-state index in [1.165, 1.54) is 6.20 Å². The minimum atomic E-state index is -4.61. The predicted octanol–water partition coefficient (Wildman–Crippen LogP) is 4.35. The molecule has 0 fully saturated rings. The molecule has 3 aromatic heterocycles. The van der Waals surface area contributed by atoms with E-state index in [1.54, 1.807) is 10.7 Å². The van der Waals surface area contributed by atoms with Gasteiger partial charge in [0.2, 0.25) is 0 Å². The molecule has 3 rings (SSSR count). The van der Waals surface area contributed by atoms with Gasteiger partial charge in [0.05, 0.1) is 19.8 Å². The Labute approximate surface area is 180 Å². The summed E-state index contributed by atoms with van der Waals surface area (Å²) in [5.41, 5.74) is 2.07. The van der Waals surface area contributed by atoms with Crippen molar-refractivity contribution in [1.82, 2.24) is 19.8 Å². The zero-order valence-electron chi connectivity index (χ0n) is 18.6. The van der Waals surface area contributed by atoms with E-state index in [4.69, 9.17) is 4.74 Å². The molecule has 0 aliphatic carbocycles. The quantitative estimate of drug-likeness (QED) is 0.411. The number of alkyl halides is 3. The highest BCUT2D eigenvalue weighted by Crippen LogP contribution is 2.29. The lowest BCUT2D eigenvalue weighted by Gasteiger charge is -2.25. The third kappa shape index (κ3) is 4.66. The fourth-order valence-corrected chi connectivity index (χ4v) is 6.55. The van der Waals surface area contributed by atoms with E-state index in [0.717, 1.165) is 23.3 Å². The maximum absolute atomic E-state index is 15.5. The Hall–Kier alpha value is -2.28. The molecule has 11 heteroatoms. The van der Waals surface area contributed by atoms with Gasteiger partial charge < -0.3 is 4.74 Å². The van der Waals surface area contributed by atoms with Gasteiger partial charge in [0.1, 0.15) is 8.07 Å². The monoisotopic (exact) mass is 470 g/mol. The summed E-state index contributed by atoms with van der Waals surface area (Å²) in [7, 11) is -4.20. The summed E-state index contributed by atoms with van der Waals surface area (Å²) in [6.45, 7) is 13.1. The molecule has 0 aliphatic heterocycles. The lowest BCUT2D eigenvalue weighted by atomic mass is 10.1. The van der Waals surface area contributed by atoms with Gasteiger partial charge in [-0.2, -0.15) is 13.2 Å². The van der Waals surface area contributed by atoms with Crippen LogP contribution in [0.15, 0.2) is 24.5 Å². The fraction of sp³-hybridized carbons (Fsp3) is 0.450. The maximum Gasteiger partial charge on any atom is 0.425 e. The zero-order valence-corrected chi connectivity index (χ0v) is 20.6. The van der Waals surface area contributed by atoms with Gasteiger partial charge >= 0.3 is 6.18 Å². The van der Waals surface area contributed by atoms with Crippen molar-refractivity contribution in [3.8, 4) is 17.0 Å². The highest BCUT2D eigenvalue weighted by Gasteiger charge is 2.39. The Kier molecular flexibility index (Phi) is 5.81. The standard InChI is InChI=1S/C20H26F4N4OSi2/c1-12(20(22,23)24)29-19-17(21)18(31(5,6)7)15(11-25-19)13-8-14-10-26-27-28(14)16(9-13)30(2,3)4/h8-12H,1-7H3/t12-/m0/s1. The Morgan fingerprint density at radius 1 is 1.00 bits per heavy atom. The van der Waals surface area contributed by atoms with Crippen LogP contribution >= 0.6 is 0 Å². The van der Waals surface area contributed by atoms with Gasteiger partial charge in [-0.3, -0.25) is 0 Å². The van der Waals surface area contributed by atoms with Gasteiger partial charge in [-0.05, 0) is 29.8 Å². The molecule has 0 spiro atoms. The molecule has 168 valence electrons. The summed E-state index contributed by atoms with van der Waals surface area (Å²) in [6.07, 6.45) is -3.73. The first-order chi connectivity index (χ1) is 14.1. The van der Waals surface area contributed by atoms with Gasteiger partial charge in [-0.15, -0.1) is 5.10 Å². The zero-order chi connectivity index (χ0) is 23.4. The van der Waals surface area contributed by atoms with Crippen molar-refractivity contribution in [3.05, 3.63) is 30.3 Å². The van der Waals surface area contributed by atoms with Gasteiger partial charge in [0.15, 0.2) is 11.9 Å². The molecule has 0 saturated carbocycles. The van der Waals surface area contributed by atoms with Crippen LogP contribution in [0.3, 0.4) is 0 Å².